The molecule has 0 N–H and O–H groups in total. The Hall–Kier alpha value is 0.410. The monoisotopic (exact) mass is 268 g/mol. The molecule has 0 atom stereocenters. The number of hydrogen-bond donors (Lipinski definition) is 0. The molecule has 78 valence electrons. The molecule has 0 saturated carbocycles. The smallest absolute Gasteiger partial charge is 0.872 e. The van der Waals surface area contributed by atoms with Crippen molar-refractivity contribution in [2.24, 2.45) is 0 Å². The van der Waals surface area contributed by atoms with Gasteiger partial charge in [-0.3, -0.25) is 0 Å². The molecule has 0 spiro atoms. The number of rotatable bonds is 1. The van der Waals surface area contributed by atoms with Crippen LogP contribution in [0.2, 0.25) is 0 Å². The van der Waals surface area contributed by atoms with Crippen molar-refractivity contribution in [3.63, 3.8) is 0 Å². The van der Waals surface area contributed by atoms with Crippen LogP contribution in [0.15, 0.2) is 41.3 Å². The Morgan fingerprint density at radius 2 is 1.41 bits per heavy atom. The Kier molecular flexibility index (Phi) is 6.70. The fourth-order valence-electron chi connectivity index (χ4n) is 1.36. The molecule has 17 heavy (non-hydrogen) atoms. The number of fused-ring (bicyclic) bond motifs is 1. The Morgan fingerprint density at radius 1 is 0.882 bits per heavy atom. The van der Waals surface area contributed by atoms with Gasteiger partial charge in [0.15, 0.2) is 0 Å². The molecule has 2 rings (SSSR count). The van der Waals surface area contributed by atoms with Gasteiger partial charge in [0.2, 0.25) is 0 Å². The SMILES string of the molecule is O=S(=O)([O-])c1ccc2cc([O-])ccc2c1.[Na+].[Na+]. The molecule has 0 aromatic heterocycles. The van der Waals surface area contributed by atoms with Crippen LogP contribution in [0.5, 0.6) is 5.75 Å². The van der Waals surface area contributed by atoms with E-state index in [1.54, 1.807) is 0 Å². The first-order valence-electron chi connectivity index (χ1n) is 4.13. The Morgan fingerprint density at radius 3 is 2.00 bits per heavy atom. The van der Waals surface area contributed by atoms with Gasteiger partial charge >= 0.3 is 59.1 Å². The average Bonchev–Trinajstić information content (AvgIpc) is 2.15. The average molecular weight is 268 g/mol. The van der Waals surface area contributed by atoms with Crippen LogP contribution in [-0.4, -0.2) is 13.0 Å². The van der Waals surface area contributed by atoms with Crippen molar-refractivity contribution in [2.45, 2.75) is 4.90 Å². The third-order valence-electron chi connectivity index (χ3n) is 2.07. The second kappa shape index (κ2) is 6.54. The predicted octanol–water partition coefficient (Wildman–Crippen LogP) is -5.17. The van der Waals surface area contributed by atoms with Crippen molar-refractivity contribution in [1.29, 1.82) is 0 Å². The van der Waals surface area contributed by atoms with Crippen molar-refractivity contribution in [1.82, 2.24) is 0 Å². The molecule has 2 aromatic carbocycles. The second-order valence-electron chi connectivity index (χ2n) is 3.12. The molecule has 7 heteroatoms. The summed E-state index contributed by atoms with van der Waals surface area (Å²) >= 11 is 0. The van der Waals surface area contributed by atoms with Crippen molar-refractivity contribution in [2.75, 3.05) is 0 Å². The summed E-state index contributed by atoms with van der Waals surface area (Å²) in [4.78, 5) is -0.284. The van der Waals surface area contributed by atoms with Gasteiger partial charge in [-0.2, -0.15) is 0 Å². The summed E-state index contributed by atoms with van der Waals surface area (Å²) in [6, 6.07) is 8.11. The molecule has 4 nitrogen and oxygen atoms in total. The maximum atomic E-state index is 11.0. The van der Waals surface area contributed by atoms with Gasteiger partial charge in [0.1, 0.15) is 10.1 Å². The quantitative estimate of drug-likeness (QED) is 0.382. The van der Waals surface area contributed by atoms with E-state index in [1.165, 1.54) is 36.4 Å². The van der Waals surface area contributed by atoms with Gasteiger partial charge in [0.25, 0.3) is 0 Å². The first-order valence-corrected chi connectivity index (χ1v) is 5.54. The summed E-state index contributed by atoms with van der Waals surface area (Å²) in [6.07, 6.45) is 0. The number of hydrogen-bond acceptors (Lipinski definition) is 4. The van der Waals surface area contributed by atoms with Gasteiger partial charge in [-0.1, -0.05) is 24.3 Å². The van der Waals surface area contributed by atoms with E-state index in [0.29, 0.717) is 10.8 Å². The standard InChI is InChI=1S/C10H8O4S.2Na/c11-9-3-1-8-6-10(15(12,13)14)4-2-7(8)5-9;;/h1-6,11H,(H,12,13,14);;/q;2*+1/p-2. The van der Waals surface area contributed by atoms with E-state index >= 15 is 0 Å². The van der Waals surface area contributed by atoms with Crippen LogP contribution in [0.1, 0.15) is 0 Å². The predicted molar refractivity (Wildman–Crippen MR) is 51.4 cm³/mol. The Balaban J connectivity index is 0.00000128. The number of benzene rings is 2. The first-order chi connectivity index (χ1) is 6.97. The molecule has 0 aliphatic heterocycles. The van der Waals surface area contributed by atoms with E-state index in [4.69, 9.17) is 0 Å². The molecular weight excluding hydrogens is 262 g/mol. The second-order valence-corrected chi connectivity index (χ2v) is 4.50. The third kappa shape index (κ3) is 4.22. The maximum Gasteiger partial charge on any atom is 1.00 e. The van der Waals surface area contributed by atoms with Crippen molar-refractivity contribution >= 4 is 20.9 Å². The van der Waals surface area contributed by atoms with Gasteiger partial charge in [-0.25, -0.2) is 8.42 Å². The zero-order valence-corrected chi connectivity index (χ0v) is 14.3. The fraction of sp³-hybridized carbons (Fsp3) is 0. The molecule has 0 unspecified atom stereocenters. The molecule has 0 amide bonds. The van der Waals surface area contributed by atoms with E-state index in [2.05, 4.69) is 0 Å². The molecule has 0 aliphatic carbocycles. The largest absolute Gasteiger partial charge is 1.00 e. The summed E-state index contributed by atoms with van der Waals surface area (Å²) < 4.78 is 32.2. The topological polar surface area (TPSA) is 80.3 Å². The van der Waals surface area contributed by atoms with E-state index in [-0.39, 0.29) is 69.8 Å². The Bertz CT molecular complexity index is 625. The van der Waals surface area contributed by atoms with Gasteiger partial charge < -0.3 is 9.66 Å². The zero-order chi connectivity index (χ0) is 11.1. The molecular formula is C10H6Na2O4S. The Labute approximate surface area is 143 Å². The zero-order valence-electron chi connectivity index (χ0n) is 9.51. The summed E-state index contributed by atoms with van der Waals surface area (Å²) in [5.41, 5.74) is 0. The van der Waals surface area contributed by atoms with E-state index in [9.17, 15) is 18.1 Å². The van der Waals surface area contributed by atoms with Crippen LogP contribution in [0.25, 0.3) is 10.8 Å². The van der Waals surface area contributed by atoms with Gasteiger partial charge in [-0.05, 0) is 22.9 Å². The summed E-state index contributed by atoms with van der Waals surface area (Å²) in [7, 11) is -4.43. The van der Waals surface area contributed by atoms with E-state index in [1.807, 2.05) is 0 Å². The molecule has 0 heterocycles. The molecule has 0 saturated heterocycles. The maximum absolute atomic E-state index is 11.0. The van der Waals surface area contributed by atoms with Crippen LogP contribution < -0.4 is 64.2 Å². The minimum atomic E-state index is -4.43. The minimum absolute atomic E-state index is 0. The summed E-state index contributed by atoms with van der Waals surface area (Å²) in [5, 5.41) is 12.2. The minimum Gasteiger partial charge on any atom is -0.872 e. The normalized spacial score (nSPS) is 10.4. The van der Waals surface area contributed by atoms with Crippen LogP contribution in [0.4, 0.5) is 0 Å². The molecule has 2 aromatic rings. The van der Waals surface area contributed by atoms with Crippen LogP contribution in [-0.2, 0) is 10.1 Å². The molecule has 0 fully saturated rings. The van der Waals surface area contributed by atoms with Crippen LogP contribution in [0, 0.1) is 0 Å². The van der Waals surface area contributed by atoms with Gasteiger partial charge in [0.05, 0.1) is 4.90 Å². The summed E-state index contributed by atoms with van der Waals surface area (Å²) in [5.74, 6) is -0.153. The van der Waals surface area contributed by atoms with E-state index in [0.717, 1.165) is 0 Å². The van der Waals surface area contributed by atoms with Gasteiger partial charge in [-0.15, -0.1) is 5.75 Å². The summed E-state index contributed by atoms with van der Waals surface area (Å²) in [6.45, 7) is 0. The van der Waals surface area contributed by atoms with Crippen LogP contribution >= 0.6 is 0 Å². The third-order valence-corrected chi connectivity index (χ3v) is 2.90. The van der Waals surface area contributed by atoms with Gasteiger partial charge in [0, 0.05) is 0 Å². The van der Waals surface area contributed by atoms with Crippen molar-refractivity contribution < 1.29 is 77.2 Å². The van der Waals surface area contributed by atoms with Crippen molar-refractivity contribution in [3.05, 3.63) is 36.4 Å². The first kappa shape index (κ1) is 17.4. The van der Waals surface area contributed by atoms with E-state index < -0.39 is 10.1 Å². The van der Waals surface area contributed by atoms with Crippen molar-refractivity contribution in [3.8, 4) is 5.75 Å². The molecule has 0 radical (unpaired) electrons. The fourth-order valence-corrected chi connectivity index (χ4v) is 1.86. The van der Waals surface area contributed by atoms with Crippen LogP contribution in [0.3, 0.4) is 0 Å². The molecule has 0 bridgehead atoms. The molecule has 0 aliphatic rings.